The summed E-state index contributed by atoms with van der Waals surface area (Å²) in [6.45, 7) is 1.38. The molecule has 1 amide bonds. The molecule has 1 aliphatic rings. The molecule has 1 saturated heterocycles. The number of hydrogen-bond donors (Lipinski definition) is 2. The van der Waals surface area contributed by atoms with Crippen molar-refractivity contribution in [1.82, 2.24) is 19.7 Å². The molecule has 9 nitrogen and oxygen atoms in total. The minimum Gasteiger partial charge on any atom is -0.497 e. The van der Waals surface area contributed by atoms with E-state index in [1.54, 1.807) is 60.3 Å². The molecule has 0 bridgehead atoms. The minimum atomic E-state index is -4.04. The Bertz CT molecular complexity index is 1250. The third-order valence-electron chi connectivity index (χ3n) is 6.07. The Kier molecular flexibility index (Phi) is 7.76. The molecule has 184 valence electrons. The van der Waals surface area contributed by atoms with Crippen LogP contribution in [0.15, 0.2) is 78.0 Å². The van der Waals surface area contributed by atoms with Crippen LogP contribution in [0.5, 0.6) is 5.75 Å². The topological polar surface area (TPSA) is 112 Å². The molecule has 35 heavy (non-hydrogen) atoms. The van der Waals surface area contributed by atoms with Gasteiger partial charge >= 0.3 is 0 Å². The molecule has 4 rings (SSSR count). The number of pyridine rings is 1. The van der Waals surface area contributed by atoms with Crippen molar-refractivity contribution in [3.05, 3.63) is 89.7 Å². The summed E-state index contributed by atoms with van der Waals surface area (Å²) < 4.78 is 34.9. The largest absolute Gasteiger partial charge is 0.497 e. The Balaban J connectivity index is 1.89. The molecule has 3 aromatic rings. The number of likely N-dealkylation sites (tertiary alicyclic amines) is 1. The highest BCUT2D eigenvalue weighted by Crippen LogP contribution is 2.36. The maximum atomic E-state index is 14.1. The van der Waals surface area contributed by atoms with Gasteiger partial charge in [0.25, 0.3) is 5.91 Å². The van der Waals surface area contributed by atoms with Crippen molar-refractivity contribution in [2.24, 2.45) is 0 Å². The van der Waals surface area contributed by atoms with Crippen LogP contribution in [0.4, 0.5) is 0 Å². The van der Waals surface area contributed by atoms with E-state index in [-0.39, 0.29) is 17.0 Å². The molecular weight excluding hydrogens is 468 g/mol. The number of nitrogens with zero attached hydrogens (tertiary/aromatic N) is 3. The van der Waals surface area contributed by atoms with Gasteiger partial charge in [0.1, 0.15) is 11.9 Å². The van der Waals surface area contributed by atoms with Crippen LogP contribution in [0, 0.1) is 0 Å². The second kappa shape index (κ2) is 11.0. The molecule has 0 radical (unpaired) electrons. The number of hydrogen-bond acceptors (Lipinski definition) is 7. The Morgan fingerprint density at radius 1 is 1.11 bits per heavy atom. The lowest BCUT2D eigenvalue weighted by Gasteiger charge is -2.38. The van der Waals surface area contributed by atoms with Crippen LogP contribution in [-0.4, -0.2) is 53.9 Å². The van der Waals surface area contributed by atoms with Crippen LogP contribution in [0.3, 0.4) is 0 Å². The van der Waals surface area contributed by atoms with Crippen molar-refractivity contribution in [3.63, 3.8) is 0 Å². The third kappa shape index (κ3) is 5.35. The normalized spacial score (nSPS) is 15.2. The first-order valence-electron chi connectivity index (χ1n) is 11.3. The van der Waals surface area contributed by atoms with Crippen molar-refractivity contribution >= 4 is 15.9 Å². The van der Waals surface area contributed by atoms with E-state index in [9.17, 15) is 18.4 Å². The average molecular weight is 497 g/mol. The summed E-state index contributed by atoms with van der Waals surface area (Å²) in [5, 5.41) is 9.36. The standard InChI is InChI=1S/C25H28N4O5S/c1-34-20-10-12-21(13-11-20)35(32,33)29(18-19-7-6-14-26-17-19)25(28-15-4-5-16-28)23-9-3-2-8-22(23)24(30)27-31/h2-3,6-14,17,25,31H,4-5,15-16,18H2,1H3,(H,27,30). The number of ether oxygens (including phenoxy) is 1. The lowest BCUT2D eigenvalue weighted by Crippen LogP contribution is -2.44. The van der Waals surface area contributed by atoms with Gasteiger partial charge in [-0.15, -0.1) is 0 Å². The molecule has 1 unspecified atom stereocenters. The maximum Gasteiger partial charge on any atom is 0.275 e. The third-order valence-corrected chi connectivity index (χ3v) is 7.89. The van der Waals surface area contributed by atoms with Gasteiger partial charge in [0.15, 0.2) is 0 Å². The molecule has 2 N–H and O–H groups in total. The summed E-state index contributed by atoms with van der Waals surface area (Å²) in [5.74, 6) is -0.156. The van der Waals surface area contributed by atoms with E-state index in [0.717, 1.165) is 12.8 Å². The minimum absolute atomic E-state index is 0.0401. The Hall–Kier alpha value is -3.31. The number of aromatic nitrogens is 1. The first kappa shape index (κ1) is 24.8. The predicted octanol–water partition coefficient (Wildman–Crippen LogP) is 3.19. The van der Waals surface area contributed by atoms with Gasteiger partial charge in [-0.05, 0) is 60.4 Å². The number of benzene rings is 2. The molecule has 1 atom stereocenters. The van der Waals surface area contributed by atoms with Crippen molar-refractivity contribution in [3.8, 4) is 5.75 Å². The zero-order chi connectivity index (χ0) is 24.8. The second-order valence-corrected chi connectivity index (χ2v) is 10.1. The monoisotopic (exact) mass is 496 g/mol. The van der Waals surface area contributed by atoms with Gasteiger partial charge in [-0.2, -0.15) is 4.31 Å². The molecule has 0 spiro atoms. The van der Waals surface area contributed by atoms with Crippen molar-refractivity contribution in [1.29, 1.82) is 0 Å². The molecule has 1 aliphatic heterocycles. The van der Waals surface area contributed by atoms with Crippen LogP contribution in [0.25, 0.3) is 0 Å². The number of amides is 1. The van der Waals surface area contributed by atoms with E-state index in [2.05, 4.69) is 9.88 Å². The summed E-state index contributed by atoms with van der Waals surface area (Å²) >= 11 is 0. The first-order valence-corrected chi connectivity index (χ1v) is 12.7. The molecular formula is C25H28N4O5S. The number of sulfonamides is 1. The van der Waals surface area contributed by atoms with Crippen molar-refractivity contribution in [2.75, 3.05) is 20.2 Å². The first-order chi connectivity index (χ1) is 17.0. The fraction of sp³-hybridized carbons (Fsp3) is 0.280. The smallest absolute Gasteiger partial charge is 0.275 e. The number of hydroxylamine groups is 1. The molecule has 0 aliphatic carbocycles. The fourth-order valence-corrected chi connectivity index (χ4v) is 5.95. The van der Waals surface area contributed by atoms with Crippen molar-refractivity contribution < 1.29 is 23.2 Å². The molecule has 10 heteroatoms. The van der Waals surface area contributed by atoms with Gasteiger partial charge in [-0.1, -0.05) is 24.3 Å². The van der Waals surface area contributed by atoms with Crippen LogP contribution in [0.1, 0.15) is 40.5 Å². The lowest BCUT2D eigenvalue weighted by molar-refractivity contribution is 0.0694. The van der Waals surface area contributed by atoms with E-state index < -0.39 is 22.1 Å². The highest BCUT2D eigenvalue weighted by molar-refractivity contribution is 7.89. The molecule has 1 fully saturated rings. The summed E-state index contributed by atoms with van der Waals surface area (Å²) in [5.41, 5.74) is 3.09. The van der Waals surface area contributed by atoms with E-state index in [4.69, 9.17) is 4.74 Å². The summed E-state index contributed by atoms with van der Waals surface area (Å²) in [6, 6.07) is 16.5. The second-order valence-electron chi connectivity index (χ2n) is 8.23. The molecule has 0 saturated carbocycles. The zero-order valence-electron chi connectivity index (χ0n) is 19.4. The van der Waals surface area contributed by atoms with Crippen LogP contribution in [0.2, 0.25) is 0 Å². The Labute approximate surface area is 205 Å². The van der Waals surface area contributed by atoms with Crippen LogP contribution < -0.4 is 10.2 Å². The van der Waals surface area contributed by atoms with Gasteiger partial charge in [-0.25, -0.2) is 13.9 Å². The summed E-state index contributed by atoms with van der Waals surface area (Å²) in [4.78, 5) is 18.9. The number of methoxy groups -OCH3 is 1. The van der Waals surface area contributed by atoms with Gasteiger partial charge in [0, 0.05) is 37.6 Å². The molecule has 1 aromatic heterocycles. The van der Waals surface area contributed by atoms with Gasteiger partial charge in [0.2, 0.25) is 10.0 Å². The highest BCUT2D eigenvalue weighted by Gasteiger charge is 2.39. The maximum absolute atomic E-state index is 14.1. The quantitative estimate of drug-likeness (QED) is 0.346. The number of nitrogens with one attached hydrogen (secondary N) is 1. The van der Waals surface area contributed by atoms with Crippen molar-refractivity contribution in [2.45, 2.75) is 30.4 Å². The van der Waals surface area contributed by atoms with Gasteiger partial charge in [-0.3, -0.25) is 19.9 Å². The highest BCUT2D eigenvalue weighted by atomic mass is 32.2. The average Bonchev–Trinajstić information content (AvgIpc) is 3.43. The predicted molar refractivity (Wildman–Crippen MR) is 129 cm³/mol. The van der Waals surface area contributed by atoms with Gasteiger partial charge in [0.05, 0.1) is 12.0 Å². The van der Waals surface area contributed by atoms with E-state index in [1.807, 2.05) is 6.07 Å². The number of carbonyl (C=O) groups is 1. The number of rotatable bonds is 9. The lowest BCUT2D eigenvalue weighted by atomic mass is 10.0. The number of carbonyl (C=O) groups excluding carboxylic acids is 1. The zero-order valence-corrected chi connectivity index (χ0v) is 20.2. The van der Waals surface area contributed by atoms with E-state index >= 15 is 0 Å². The van der Waals surface area contributed by atoms with Crippen LogP contribution in [-0.2, 0) is 16.6 Å². The summed E-state index contributed by atoms with van der Waals surface area (Å²) in [7, 11) is -2.53. The summed E-state index contributed by atoms with van der Waals surface area (Å²) in [6.07, 6.45) is 4.30. The Morgan fingerprint density at radius 2 is 1.83 bits per heavy atom. The molecule has 2 aromatic carbocycles. The van der Waals surface area contributed by atoms with Crippen LogP contribution >= 0.6 is 0 Å². The van der Waals surface area contributed by atoms with E-state index in [1.165, 1.54) is 23.5 Å². The Morgan fingerprint density at radius 3 is 2.46 bits per heavy atom. The van der Waals surface area contributed by atoms with Gasteiger partial charge < -0.3 is 4.74 Å². The SMILES string of the molecule is COc1ccc(S(=O)(=O)N(Cc2cccnc2)C(c2ccccc2C(=O)NO)N2CCCC2)cc1. The van der Waals surface area contributed by atoms with E-state index in [0.29, 0.717) is 30.0 Å². The molecule has 2 heterocycles. The fourth-order valence-electron chi connectivity index (χ4n) is 4.37.